The molecule has 3 atom stereocenters. The second kappa shape index (κ2) is 9.50. The summed E-state index contributed by atoms with van der Waals surface area (Å²) >= 11 is 1.55. The number of amides is 1. The van der Waals surface area contributed by atoms with E-state index in [0.29, 0.717) is 13.0 Å². The first-order valence-corrected chi connectivity index (χ1v) is 9.16. The number of carbonyl (C=O) groups excluding carboxylic acids is 1. The van der Waals surface area contributed by atoms with Gasteiger partial charge in [0.05, 0.1) is 11.4 Å². The Kier molecular flexibility index (Phi) is 7.35. The lowest BCUT2D eigenvalue weighted by atomic mass is 9.93. The Balaban J connectivity index is 1.91. The summed E-state index contributed by atoms with van der Waals surface area (Å²) in [4.78, 5) is 13.5. The summed E-state index contributed by atoms with van der Waals surface area (Å²) in [7, 11) is 0. The van der Waals surface area contributed by atoms with Crippen molar-refractivity contribution in [3.63, 3.8) is 0 Å². The molecule has 2 N–H and O–H groups in total. The monoisotopic (exact) mass is 343 g/mol. The number of carbonyl (C=O) groups is 1. The van der Waals surface area contributed by atoms with Gasteiger partial charge in [0.2, 0.25) is 5.91 Å². The average Bonchev–Trinajstić information content (AvgIpc) is 2.59. The molecule has 0 aliphatic heterocycles. The largest absolute Gasteiger partial charge is 0.393 e. The first-order chi connectivity index (χ1) is 11.6. The van der Waals surface area contributed by atoms with Crippen LogP contribution in [0.1, 0.15) is 31.7 Å². The number of benzene rings is 2. The van der Waals surface area contributed by atoms with Crippen molar-refractivity contribution >= 4 is 17.7 Å². The molecule has 3 nitrogen and oxygen atoms in total. The quantitative estimate of drug-likeness (QED) is 0.716. The van der Waals surface area contributed by atoms with E-state index in [0.717, 1.165) is 10.5 Å². The summed E-state index contributed by atoms with van der Waals surface area (Å²) in [5, 5.41) is 12.6. The van der Waals surface area contributed by atoms with Crippen LogP contribution in [-0.2, 0) is 4.79 Å². The lowest BCUT2D eigenvalue weighted by Gasteiger charge is -2.21. The van der Waals surface area contributed by atoms with Crippen LogP contribution in [0, 0.1) is 0 Å². The summed E-state index contributed by atoms with van der Waals surface area (Å²) in [5.74, 6) is 0.138. The Morgan fingerprint density at radius 3 is 2.21 bits per heavy atom. The number of rotatable bonds is 8. The van der Waals surface area contributed by atoms with E-state index in [2.05, 4.69) is 5.32 Å². The summed E-state index contributed by atoms with van der Waals surface area (Å²) in [6.07, 6.45) is 0.230. The Bertz CT molecular complexity index is 616. The average molecular weight is 343 g/mol. The fourth-order valence-corrected chi connectivity index (χ4v) is 3.51. The van der Waals surface area contributed by atoms with Gasteiger partial charge in [-0.05, 0) is 38.0 Å². The summed E-state index contributed by atoms with van der Waals surface area (Å²) in [6, 6.07) is 20.0. The first-order valence-electron chi connectivity index (χ1n) is 8.28. The first kappa shape index (κ1) is 18.6. The molecular formula is C20H25NO2S. The number of nitrogens with one attached hydrogen (secondary N) is 1. The maximum Gasteiger partial charge on any atom is 0.233 e. The number of thioether (sulfide) groups is 1. The van der Waals surface area contributed by atoms with Gasteiger partial charge in [-0.2, -0.15) is 0 Å². The molecule has 0 bridgehead atoms. The van der Waals surface area contributed by atoms with Crippen molar-refractivity contribution in [2.45, 2.75) is 42.4 Å². The molecule has 0 spiro atoms. The molecule has 0 heterocycles. The minimum absolute atomic E-state index is 0.0235. The minimum Gasteiger partial charge on any atom is -0.393 e. The SMILES string of the molecule is CC(O)CC(CNC(=O)C(C)Sc1ccccc1)c1ccccc1. The van der Waals surface area contributed by atoms with Gasteiger partial charge in [-0.3, -0.25) is 4.79 Å². The van der Waals surface area contributed by atoms with Crippen LogP contribution in [-0.4, -0.2) is 28.9 Å². The van der Waals surface area contributed by atoms with Crippen molar-refractivity contribution in [2.75, 3.05) is 6.54 Å². The van der Waals surface area contributed by atoms with Crippen molar-refractivity contribution in [2.24, 2.45) is 0 Å². The fourth-order valence-electron chi connectivity index (χ4n) is 2.60. The van der Waals surface area contributed by atoms with E-state index in [1.54, 1.807) is 18.7 Å². The molecule has 0 fully saturated rings. The number of hydrogen-bond acceptors (Lipinski definition) is 3. The van der Waals surface area contributed by atoms with Gasteiger partial charge in [0.15, 0.2) is 0 Å². The third kappa shape index (κ3) is 6.02. The minimum atomic E-state index is -0.400. The lowest BCUT2D eigenvalue weighted by Crippen LogP contribution is -2.34. The predicted molar refractivity (Wildman–Crippen MR) is 100 cm³/mol. The summed E-state index contributed by atoms with van der Waals surface area (Å²) in [5.41, 5.74) is 1.14. The Hall–Kier alpha value is -1.78. The van der Waals surface area contributed by atoms with Gasteiger partial charge < -0.3 is 10.4 Å². The molecule has 0 aliphatic carbocycles. The molecular weight excluding hydrogens is 318 g/mol. The van der Waals surface area contributed by atoms with E-state index in [-0.39, 0.29) is 17.1 Å². The van der Waals surface area contributed by atoms with Gasteiger partial charge >= 0.3 is 0 Å². The summed E-state index contributed by atoms with van der Waals surface area (Å²) < 4.78 is 0. The molecule has 24 heavy (non-hydrogen) atoms. The topological polar surface area (TPSA) is 49.3 Å². The van der Waals surface area contributed by atoms with E-state index in [1.165, 1.54) is 0 Å². The maximum atomic E-state index is 12.4. The molecule has 3 unspecified atom stereocenters. The molecule has 4 heteroatoms. The number of aliphatic hydroxyl groups excluding tert-OH is 1. The van der Waals surface area contributed by atoms with Crippen LogP contribution in [0.3, 0.4) is 0 Å². The summed E-state index contributed by atoms with van der Waals surface area (Å²) in [6.45, 7) is 4.23. The van der Waals surface area contributed by atoms with Gasteiger partial charge in [-0.15, -0.1) is 11.8 Å². The Morgan fingerprint density at radius 2 is 1.62 bits per heavy atom. The Morgan fingerprint density at radius 1 is 1.04 bits per heavy atom. The van der Waals surface area contributed by atoms with E-state index in [1.807, 2.05) is 67.6 Å². The standard InChI is InChI=1S/C20H25NO2S/c1-15(22)13-18(17-9-5-3-6-10-17)14-21-20(23)16(2)24-19-11-7-4-8-12-19/h3-12,15-16,18,22H,13-14H2,1-2H3,(H,21,23). The second-order valence-electron chi connectivity index (χ2n) is 6.01. The van der Waals surface area contributed by atoms with Crippen molar-refractivity contribution in [3.8, 4) is 0 Å². The van der Waals surface area contributed by atoms with Gasteiger partial charge in [0.1, 0.15) is 0 Å². The Labute approximate surface area is 148 Å². The van der Waals surface area contributed by atoms with E-state index in [4.69, 9.17) is 0 Å². The highest BCUT2D eigenvalue weighted by atomic mass is 32.2. The molecule has 2 rings (SSSR count). The maximum absolute atomic E-state index is 12.4. The van der Waals surface area contributed by atoms with E-state index in [9.17, 15) is 9.90 Å². The molecule has 0 aliphatic rings. The van der Waals surface area contributed by atoms with Crippen molar-refractivity contribution in [1.82, 2.24) is 5.32 Å². The normalized spacial score (nSPS) is 14.6. The molecule has 1 amide bonds. The van der Waals surface area contributed by atoms with Gasteiger partial charge in [-0.1, -0.05) is 48.5 Å². The fraction of sp³-hybridized carbons (Fsp3) is 0.350. The van der Waals surface area contributed by atoms with Gasteiger partial charge in [0.25, 0.3) is 0 Å². The molecule has 0 aromatic heterocycles. The van der Waals surface area contributed by atoms with E-state index < -0.39 is 6.10 Å². The van der Waals surface area contributed by atoms with E-state index >= 15 is 0 Å². The van der Waals surface area contributed by atoms with Crippen LogP contribution in [0.2, 0.25) is 0 Å². The molecule has 2 aromatic carbocycles. The van der Waals surface area contributed by atoms with Crippen molar-refractivity contribution in [1.29, 1.82) is 0 Å². The van der Waals surface area contributed by atoms with Crippen molar-refractivity contribution < 1.29 is 9.90 Å². The predicted octanol–water partition coefficient (Wildman–Crippen LogP) is 3.84. The van der Waals surface area contributed by atoms with Gasteiger partial charge in [0, 0.05) is 17.4 Å². The third-order valence-electron chi connectivity index (χ3n) is 3.84. The smallest absolute Gasteiger partial charge is 0.233 e. The second-order valence-corrected chi connectivity index (χ2v) is 7.42. The van der Waals surface area contributed by atoms with Crippen molar-refractivity contribution in [3.05, 3.63) is 66.2 Å². The van der Waals surface area contributed by atoms with Gasteiger partial charge in [-0.25, -0.2) is 0 Å². The van der Waals surface area contributed by atoms with Crippen LogP contribution >= 0.6 is 11.8 Å². The third-order valence-corrected chi connectivity index (χ3v) is 4.96. The lowest BCUT2D eigenvalue weighted by molar-refractivity contribution is -0.120. The zero-order valence-corrected chi connectivity index (χ0v) is 15.0. The molecule has 128 valence electrons. The zero-order valence-electron chi connectivity index (χ0n) is 14.2. The highest BCUT2D eigenvalue weighted by molar-refractivity contribution is 8.00. The zero-order chi connectivity index (χ0) is 17.4. The molecule has 0 saturated heterocycles. The van der Waals surface area contributed by atoms with Crippen LogP contribution < -0.4 is 5.32 Å². The van der Waals surface area contributed by atoms with Crippen LogP contribution in [0.5, 0.6) is 0 Å². The van der Waals surface area contributed by atoms with Crippen LogP contribution in [0.4, 0.5) is 0 Å². The number of hydrogen-bond donors (Lipinski definition) is 2. The highest BCUT2D eigenvalue weighted by Crippen LogP contribution is 2.24. The molecule has 0 radical (unpaired) electrons. The molecule has 0 saturated carbocycles. The number of aliphatic hydroxyl groups is 1. The molecule has 2 aromatic rings. The van der Waals surface area contributed by atoms with Crippen LogP contribution in [0.25, 0.3) is 0 Å². The van der Waals surface area contributed by atoms with Crippen LogP contribution in [0.15, 0.2) is 65.6 Å². The highest BCUT2D eigenvalue weighted by Gasteiger charge is 2.18.